The normalized spacial score (nSPS) is 10.4. The monoisotopic (exact) mass is 206 g/mol. The van der Waals surface area contributed by atoms with Crippen LogP contribution < -0.4 is 5.73 Å². The van der Waals surface area contributed by atoms with Gasteiger partial charge in [-0.3, -0.25) is 0 Å². The van der Waals surface area contributed by atoms with Crippen molar-refractivity contribution in [2.24, 2.45) is 7.05 Å². The molecule has 0 unspecified atom stereocenters. The van der Waals surface area contributed by atoms with Crippen molar-refractivity contribution in [1.82, 2.24) is 14.5 Å². The average Bonchev–Trinajstić information content (AvgIpc) is 2.52. The summed E-state index contributed by atoms with van der Waals surface area (Å²) in [5, 5.41) is 1.77. The summed E-state index contributed by atoms with van der Waals surface area (Å²) >= 11 is 1.50. The van der Waals surface area contributed by atoms with E-state index in [-0.39, 0.29) is 0 Å². The highest BCUT2D eigenvalue weighted by molar-refractivity contribution is 7.99. The van der Waals surface area contributed by atoms with Crippen molar-refractivity contribution in [3.05, 3.63) is 30.7 Å². The number of nitrogens with zero attached hydrogens (tertiary/aromatic N) is 3. The third-order valence-corrected chi connectivity index (χ3v) is 2.74. The van der Waals surface area contributed by atoms with E-state index in [1.54, 1.807) is 18.5 Å². The van der Waals surface area contributed by atoms with E-state index in [1.807, 2.05) is 23.9 Å². The maximum Gasteiger partial charge on any atom is 0.174 e. The van der Waals surface area contributed by atoms with Gasteiger partial charge < -0.3 is 10.3 Å². The van der Waals surface area contributed by atoms with Crippen molar-refractivity contribution in [3.8, 4) is 0 Å². The van der Waals surface area contributed by atoms with Crippen LogP contribution in [0.2, 0.25) is 0 Å². The molecule has 72 valence electrons. The van der Waals surface area contributed by atoms with Crippen molar-refractivity contribution in [1.29, 1.82) is 0 Å². The Labute approximate surface area is 86.2 Å². The number of imidazole rings is 1. The average molecular weight is 206 g/mol. The van der Waals surface area contributed by atoms with E-state index in [4.69, 9.17) is 5.73 Å². The van der Waals surface area contributed by atoms with Gasteiger partial charge in [-0.1, -0.05) is 0 Å². The highest BCUT2D eigenvalue weighted by atomic mass is 32.2. The number of nitrogens with two attached hydrogens (primary N) is 1. The molecule has 2 N–H and O–H groups in total. The third kappa shape index (κ3) is 1.88. The molecule has 2 heterocycles. The zero-order valence-corrected chi connectivity index (χ0v) is 8.53. The quantitative estimate of drug-likeness (QED) is 0.810. The first kappa shape index (κ1) is 9.08. The van der Waals surface area contributed by atoms with Gasteiger partial charge in [-0.05, 0) is 23.9 Å². The Balaban J connectivity index is 2.23. The number of aryl methyl sites for hydroxylation is 1. The predicted molar refractivity (Wildman–Crippen MR) is 56.0 cm³/mol. The second kappa shape index (κ2) is 3.71. The molecule has 0 aromatic carbocycles. The number of hydrogen-bond donors (Lipinski definition) is 1. The summed E-state index contributed by atoms with van der Waals surface area (Å²) in [6, 6.07) is 3.60. The lowest BCUT2D eigenvalue weighted by molar-refractivity contribution is 0.788. The first-order chi connectivity index (χ1) is 6.75. The molecule has 0 saturated heterocycles. The Hall–Kier alpha value is -1.49. The Morgan fingerprint density at radius 3 is 2.86 bits per heavy atom. The van der Waals surface area contributed by atoms with E-state index in [1.165, 1.54) is 11.8 Å². The molecular weight excluding hydrogens is 196 g/mol. The molecular formula is C9H10N4S. The van der Waals surface area contributed by atoms with Gasteiger partial charge in [0.05, 0.1) is 0 Å². The van der Waals surface area contributed by atoms with Crippen LogP contribution in [0.4, 0.5) is 5.69 Å². The van der Waals surface area contributed by atoms with Crippen molar-refractivity contribution < 1.29 is 0 Å². The molecule has 0 spiro atoms. The van der Waals surface area contributed by atoms with Gasteiger partial charge in [0.25, 0.3) is 0 Å². The Morgan fingerprint density at radius 1 is 1.36 bits per heavy atom. The zero-order valence-electron chi connectivity index (χ0n) is 7.71. The van der Waals surface area contributed by atoms with Gasteiger partial charge in [0.1, 0.15) is 5.03 Å². The summed E-state index contributed by atoms with van der Waals surface area (Å²) in [5.41, 5.74) is 6.36. The van der Waals surface area contributed by atoms with Crippen molar-refractivity contribution in [2.75, 3.05) is 5.73 Å². The fraction of sp³-hybridized carbons (Fsp3) is 0.111. The highest BCUT2D eigenvalue weighted by Crippen LogP contribution is 2.24. The standard InChI is InChI=1S/C9H10N4S/c1-13-5-4-12-9(13)14-8-6-7(10)2-3-11-8/h2-6H,1H3,(H2,10,11). The lowest BCUT2D eigenvalue weighted by atomic mass is 10.4. The number of rotatable bonds is 2. The smallest absolute Gasteiger partial charge is 0.174 e. The van der Waals surface area contributed by atoms with Gasteiger partial charge in [-0.2, -0.15) is 0 Å². The maximum atomic E-state index is 5.65. The molecule has 0 fully saturated rings. The number of hydrogen-bond acceptors (Lipinski definition) is 4. The molecule has 2 aromatic heterocycles. The summed E-state index contributed by atoms with van der Waals surface area (Å²) in [6.45, 7) is 0. The molecule has 4 nitrogen and oxygen atoms in total. The second-order valence-corrected chi connectivity index (χ2v) is 3.84. The topological polar surface area (TPSA) is 56.7 Å². The summed E-state index contributed by atoms with van der Waals surface area (Å²) in [7, 11) is 1.95. The van der Waals surface area contributed by atoms with Gasteiger partial charge in [-0.15, -0.1) is 0 Å². The van der Waals surface area contributed by atoms with E-state index in [2.05, 4.69) is 9.97 Å². The van der Waals surface area contributed by atoms with E-state index in [0.717, 1.165) is 15.9 Å². The van der Waals surface area contributed by atoms with Crippen LogP contribution in [-0.4, -0.2) is 14.5 Å². The Kier molecular flexibility index (Phi) is 2.41. The predicted octanol–water partition coefficient (Wildman–Crippen LogP) is 1.55. The molecule has 0 atom stereocenters. The summed E-state index contributed by atoms with van der Waals surface area (Å²) in [4.78, 5) is 8.37. The number of anilines is 1. The highest BCUT2D eigenvalue weighted by Gasteiger charge is 2.03. The zero-order chi connectivity index (χ0) is 9.97. The van der Waals surface area contributed by atoms with E-state index < -0.39 is 0 Å². The van der Waals surface area contributed by atoms with Gasteiger partial charge in [0, 0.05) is 31.3 Å². The fourth-order valence-corrected chi connectivity index (χ4v) is 1.84. The van der Waals surface area contributed by atoms with E-state index >= 15 is 0 Å². The van der Waals surface area contributed by atoms with Gasteiger partial charge in [0.2, 0.25) is 0 Å². The van der Waals surface area contributed by atoms with Crippen LogP contribution >= 0.6 is 11.8 Å². The van der Waals surface area contributed by atoms with Crippen LogP contribution in [0.5, 0.6) is 0 Å². The summed E-state index contributed by atoms with van der Waals surface area (Å²) in [6.07, 6.45) is 5.35. The minimum absolute atomic E-state index is 0.719. The van der Waals surface area contributed by atoms with E-state index in [0.29, 0.717) is 0 Å². The number of nitrogen functional groups attached to an aromatic ring is 1. The first-order valence-electron chi connectivity index (χ1n) is 4.12. The van der Waals surface area contributed by atoms with Crippen molar-refractivity contribution in [3.63, 3.8) is 0 Å². The lowest BCUT2D eigenvalue weighted by Gasteiger charge is -2.00. The first-order valence-corrected chi connectivity index (χ1v) is 4.94. The largest absolute Gasteiger partial charge is 0.399 e. The Morgan fingerprint density at radius 2 is 2.21 bits per heavy atom. The third-order valence-electron chi connectivity index (χ3n) is 1.73. The molecule has 0 amide bonds. The van der Waals surface area contributed by atoms with Crippen LogP contribution in [-0.2, 0) is 7.05 Å². The van der Waals surface area contributed by atoms with Crippen LogP contribution in [0, 0.1) is 0 Å². The second-order valence-electron chi connectivity index (χ2n) is 2.85. The fourth-order valence-electron chi connectivity index (χ4n) is 1.02. The molecule has 14 heavy (non-hydrogen) atoms. The van der Waals surface area contributed by atoms with Crippen LogP contribution in [0.3, 0.4) is 0 Å². The molecule has 0 saturated carbocycles. The molecule has 0 aliphatic rings. The number of aromatic nitrogens is 3. The molecule has 2 aromatic rings. The lowest BCUT2D eigenvalue weighted by Crippen LogP contribution is -1.91. The van der Waals surface area contributed by atoms with Gasteiger partial charge >= 0.3 is 0 Å². The number of pyridine rings is 1. The van der Waals surface area contributed by atoms with Crippen LogP contribution in [0.15, 0.2) is 40.9 Å². The van der Waals surface area contributed by atoms with Crippen molar-refractivity contribution >= 4 is 17.4 Å². The molecule has 2 rings (SSSR count). The van der Waals surface area contributed by atoms with Crippen LogP contribution in [0.1, 0.15) is 0 Å². The maximum absolute atomic E-state index is 5.65. The van der Waals surface area contributed by atoms with Crippen LogP contribution in [0.25, 0.3) is 0 Å². The van der Waals surface area contributed by atoms with Gasteiger partial charge in [-0.25, -0.2) is 9.97 Å². The summed E-state index contributed by atoms with van der Waals surface area (Å²) < 4.78 is 1.94. The minimum Gasteiger partial charge on any atom is -0.399 e. The summed E-state index contributed by atoms with van der Waals surface area (Å²) in [5.74, 6) is 0. The molecule has 0 bridgehead atoms. The molecule has 0 aliphatic heterocycles. The van der Waals surface area contributed by atoms with E-state index in [9.17, 15) is 0 Å². The molecule has 0 radical (unpaired) electrons. The molecule has 5 heteroatoms. The van der Waals surface area contributed by atoms with Crippen molar-refractivity contribution in [2.45, 2.75) is 10.2 Å². The molecule has 0 aliphatic carbocycles. The minimum atomic E-state index is 0.719. The SMILES string of the molecule is Cn1ccnc1Sc1cc(N)ccn1. The Bertz CT molecular complexity index is 438. The van der Waals surface area contributed by atoms with Gasteiger partial charge in [0.15, 0.2) is 5.16 Å².